The molecule has 3 N–H and O–H groups in total. The predicted molar refractivity (Wildman–Crippen MR) is 105 cm³/mol. The van der Waals surface area contributed by atoms with Gasteiger partial charge in [-0.2, -0.15) is 5.10 Å². The molecule has 3 aromatic rings. The zero-order valence-electron chi connectivity index (χ0n) is 14.0. The van der Waals surface area contributed by atoms with Crippen LogP contribution in [-0.4, -0.2) is 29.1 Å². The summed E-state index contributed by atoms with van der Waals surface area (Å²) in [6.45, 7) is 0. The first kappa shape index (κ1) is 18.9. The molecule has 0 bridgehead atoms. The topological polar surface area (TPSA) is 96.1 Å². The van der Waals surface area contributed by atoms with Crippen molar-refractivity contribution in [1.29, 1.82) is 0 Å². The van der Waals surface area contributed by atoms with Gasteiger partial charge in [-0.15, -0.1) is 0 Å². The maximum absolute atomic E-state index is 12.2. The van der Waals surface area contributed by atoms with E-state index in [1.165, 1.54) is 6.07 Å². The average Bonchev–Trinajstić information content (AvgIpc) is 3.18. The van der Waals surface area contributed by atoms with Crippen molar-refractivity contribution in [3.8, 4) is 17.0 Å². The molecule has 0 unspecified atom stereocenters. The van der Waals surface area contributed by atoms with Crippen LogP contribution in [0.2, 0.25) is 5.02 Å². The Kier molecular flexibility index (Phi) is 5.78. The number of aromatic amines is 1. The number of benzene rings is 2. The highest BCUT2D eigenvalue weighted by Crippen LogP contribution is 2.22. The third-order valence-corrected chi connectivity index (χ3v) is 4.60. The summed E-state index contributed by atoms with van der Waals surface area (Å²) < 4.78 is 5.67. The number of aromatic nitrogens is 2. The molecule has 0 spiro atoms. The van der Waals surface area contributed by atoms with Gasteiger partial charge < -0.3 is 4.74 Å². The molecule has 7 nitrogen and oxygen atoms in total. The number of hydrazine groups is 1. The number of H-pyrrole nitrogens is 1. The van der Waals surface area contributed by atoms with Gasteiger partial charge in [-0.25, -0.2) is 0 Å². The number of ether oxygens (including phenoxy) is 1. The SMILES string of the molecule is COc1ccc(-c2cc(C(=O)NNC(=O)c3cc(Cl)ccc3Br)[nH]n2)cc1. The summed E-state index contributed by atoms with van der Waals surface area (Å²) >= 11 is 9.16. The molecule has 9 heteroatoms. The van der Waals surface area contributed by atoms with Gasteiger partial charge in [0.1, 0.15) is 11.4 Å². The summed E-state index contributed by atoms with van der Waals surface area (Å²) in [6.07, 6.45) is 0. The Morgan fingerprint density at radius 3 is 2.48 bits per heavy atom. The van der Waals surface area contributed by atoms with Crippen LogP contribution in [0.1, 0.15) is 20.8 Å². The Labute approximate surface area is 168 Å². The van der Waals surface area contributed by atoms with Gasteiger partial charge in [0.2, 0.25) is 0 Å². The van der Waals surface area contributed by atoms with E-state index in [0.29, 0.717) is 20.8 Å². The molecule has 0 saturated carbocycles. The Balaban J connectivity index is 1.65. The number of methoxy groups -OCH3 is 1. The number of amides is 2. The second-order valence-electron chi connectivity index (χ2n) is 5.43. The van der Waals surface area contributed by atoms with Crippen molar-refractivity contribution in [3.05, 3.63) is 69.3 Å². The fraction of sp³-hybridized carbons (Fsp3) is 0.0556. The average molecular weight is 450 g/mol. The Bertz CT molecular complexity index is 989. The zero-order valence-corrected chi connectivity index (χ0v) is 16.4. The Morgan fingerprint density at radius 2 is 1.78 bits per heavy atom. The number of carbonyl (C=O) groups is 2. The monoisotopic (exact) mass is 448 g/mol. The van der Waals surface area contributed by atoms with Crippen molar-refractivity contribution < 1.29 is 14.3 Å². The summed E-state index contributed by atoms with van der Waals surface area (Å²) in [6, 6.07) is 13.6. The first-order valence-corrected chi connectivity index (χ1v) is 8.90. The standard InChI is InChI=1S/C18H14BrClN4O3/c1-27-12-5-2-10(3-6-12)15-9-16(22-21-15)18(26)24-23-17(25)13-8-11(20)4-7-14(13)19/h2-9H,1H3,(H,21,22)(H,23,25)(H,24,26). The van der Waals surface area contributed by atoms with E-state index < -0.39 is 11.8 Å². The second-order valence-corrected chi connectivity index (χ2v) is 6.72. The zero-order chi connectivity index (χ0) is 19.4. The normalized spacial score (nSPS) is 10.3. The molecule has 1 heterocycles. The molecule has 0 aliphatic carbocycles. The maximum Gasteiger partial charge on any atom is 0.287 e. The number of rotatable bonds is 4. The number of nitrogens with one attached hydrogen (secondary N) is 3. The summed E-state index contributed by atoms with van der Waals surface area (Å²) in [5.74, 6) is -0.316. The van der Waals surface area contributed by atoms with Crippen molar-refractivity contribution in [2.24, 2.45) is 0 Å². The fourth-order valence-electron chi connectivity index (χ4n) is 2.27. The third kappa shape index (κ3) is 4.47. The van der Waals surface area contributed by atoms with Crippen LogP contribution in [0.4, 0.5) is 0 Å². The van der Waals surface area contributed by atoms with Crippen molar-refractivity contribution in [3.63, 3.8) is 0 Å². The van der Waals surface area contributed by atoms with Crippen molar-refractivity contribution in [1.82, 2.24) is 21.0 Å². The summed E-state index contributed by atoms with van der Waals surface area (Å²) in [7, 11) is 1.59. The minimum Gasteiger partial charge on any atom is -0.497 e. The molecular formula is C18H14BrClN4O3. The Morgan fingerprint density at radius 1 is 1.07 bits per heavy atom. The highest BCUT2D eigenvalue weighted by atomic mass is 79.9. The summed E-state index contributed by atoms with van der Waals surface area (Å²) in [4.78, 5) is 24.4. The van der Waals surface area contributed by atoms with E-state index in [-0.39, 0.29) is 5.69 Å². The molecule has 2 amide bonds. The van der Waals surface area contributed by atoms with Crippen LogP contribution in [0.15, 0.2) is 53.0 Å². The minimum atomic E-state index is -0.534. The number of carbonyl (C=O) groups excluding carboxylic acids is 2. The molecular weight excluding hydrogens is 436 g/mol. The molecule has 0 aliphatic heterocycles. The molecule has 0 atom stereocenters. The second kappa shape index (κ2) is 8.24. The number of hydrogen-bond donors (Lipinski definition) is 3. The predicted octanol–water partition coefficient (Wildman–Crippen LogP) is 3.58. The highest BCUT2D eigenvalue weighted by molar-refractivity contribution is 9.10. The van der Waals surface area contributed by atoms with Crippen LogP contribution < -0.4 is 15.6 Å². The van der Waals surface area contributed by atoms with Crippen LogP contribution in [-0.2, 0) is 0 Å². The van der Waals surface area contributed by atoms with Gasteiger partial charge in [0.25, 0.3) is 11.8 Å². The fourth-order valence-corrected chi connectivity index (χ4v) is 2.87. The summed E-state index contributed by atoms with van der Waals surface area (Å²) in [5.41, 5.74) is 6.58. The molecule has 0 fully saturated rings. The largest absolute Gasteiger partial charge is 0.497 e. The van der Waals surface area contributed by atoms with Gasteiger partial charge in [0.15, 0.2) is 0 Å². The first-order chi connectivity index (χ1) is 13.0. The third-order valence-electron chi connectivity index (χ3n) is 3.67. The van der Waals surface area contributed by atoms with Crippen LogP contribution in [0, 0.1) is 0 Å². The number of nitrogens with zero attached hydrogens (tertiary/aromatic N) is 1. The van der Waals surface area contributed by atoms with Crippen molar-refractivity contribution >= 4 is 39.3 Å². The van der Waals surface area contributed by atoms with Crippen molar-refractivity contribution in [2.75, 3.05) is 7.11 Å². The lowest BCUT2D eigenvalue weighted by atomic mass is 10.1. The smallest absolute Gasteiger partial charge is 0.287 e. The molecule has 138 valence electrons. The molecule has 27 heavy (non-hydrogen) atoms. The number of halogens is 2. The van der Waals surface area contributed by atoms with E-state index in [0.717, 1.165) is 11.3 Å². The number of hydrogen-bond acceptors (Lipinski definition) is 4. The van der Waals surface area contributed by atoms with Crippen LogP contribution in [0.3, 0.4) is 0 Å². The quantitative estimate of drug-likeness (QED) is 0.531. The lowest BCUT2D eigenvalue weighted by molar-refractivity contribution is 0.0843. The molecule has 1 aromatic heterocycles. The van der Waals surface area contributed by atoms with Crippen molar-refractivity contribution in [2.45, 2.75) is 0 Å². The summed E-state index contributed by atoms with van der Waals surface area (Å²) in [5, 5.41) is 7.16. The van der Waals surface area contributed by atoms with Gasteiger partial charge in [-0.1, -0.05) is 11.6 Å². The van der Waals surface area contributed by atoms with Crippen LogP contribution in [0.25, 0.3) is 11.3 Å². The lowest BCUT2D eigenvalue weighted by Gasteiger charge is -2.08. The molecule has 0 saturated heterocycles. The van der Waals surface area contributed by atoms with Gasteiger partial charge in [-0.3, -0.25) is 25.5 Å². The molecule has 2 aromatic carbocycles. The Hall–Kier alpha value is -2.84. The van der Waals surface area contributed by atoms with E-state index in [4.69, 9.17) is 16.3 Å². The van der Waals surface area contributed by atoms with Crippen LogP contribution in [0.5, 0.6) is 5.75 Å². The highest BCUT2D eigenvalue weighted by Gasteiger charge is 2.14. The molecule has 0 aliphatic rings. The van der Waals surface area contributed by atoms with Crippen LogP contribution >= 0.6 is 27.5 Å². The van der Waals surface area contributed by atoms with Gasteiger partial charge >= 0.3 is 0 Å². The maximum atomic E-state index is 12.2. The van der Waals surface area contributed by atoms with E-state index in [9.17, 15) is 9.59 Å². The van der Waals surface area contributed by atoms with E-state index >= 15 is 0 Å². The van der Waals surface area contributed by atoms with E-state index in [1.807, 2.05) is 12.1 Å². The molecule has 3 rings (SSSR count). The van der Waals surface area contributed by atoms with Gasteiger partial charge in [0.05, 0.1) is 18.4 Å². The van der Waals surface area contributed by atoms with E-state index in [1.54, 1.807) is 37.4 Å². The minimum absolute atomic E-state index is 0.200. The molecule has 0 radical (unpaired) electrons. The first-order valence-electron chi connectivity index (χ1n) is 7.73. The van der Waals surface area contributed by atoms with Gasteiger partial charge in [0, 0.05) is 15.1 Å². The van der Waals surface area contributed by atoms with Gasteiger partial charge in [-0.05, 0) is 64.5 Å². The lowest BCUT2D eigenvalue weighted by Crippen LogP contribution is -2.41. The van der Waals surface area contributed by atoms with E-state index in [2.05, 4.69) is 37.0 Å².